The summed E-state index contributed by atoms with van der Waals surface area (Å²) in [6, 6.07) is 6.26. The van der Waals surface area contributed by atoms with Crippen molar-refractivity contribution in [2.24, 2.45) is 5.73 Å². The van der Waals surface area contributed by atoms with Crippen molar-refractivity contribution < 1.29 is 4.39 Å². The van der Waals surface area contributed by atoms with E-state index in [0.29, 0.717) is 5.75 Å². The predicted molar refractivity (Wildman–Crippen MR) is 66.1 cm³/mol. The minimum Gasteiger partial charge on any atom is -0.323 e. The summed E-state index contributed by atoms with van der Waals surface area (Å²) in [4.78, 5) is 8.84. The highest BCUT2D eigenvalue weighted by Gasteiger charge is 2.07. The number of halogens is 1. The highest BCUT2D eigenvalue weighted by Crippen LogP contribution is 2.22. The van der Waals surface area contributed by atoms with Gasteiger partial charge in [-0.05, 0) is 24.3 Å². The topological polar surface area (TPSA) is 51.8 Å². The van der Waals surface area contributed by atoms with Crippen LogP contribution in [0.25, 0.3) is 0 Å². The van der Waals surface area contributed by atoms with Crippen LogP contribution < -0.4 is 5.73 Å². The van der Waals surface area contributed by atoms with Gasteiger partial charge in [0.05, 0.1) is 0 Å². The van der Waals surface area contributed by atoms with Gasteiger partial charge in [0.1, 0.15) is 12.1 Å². The lowest BCUT2D eigenvalue weighted by Crippen LogP contribution is -2.13. The molecule has 1 atom stereocenters. The van der Waals surface area contributed by atoms with Crippen LogP contribution in [0.4, 0.5) is 4.39 Å². The first-order chi connectivity index (χ1) is 8.25. The smallest absolute Gasteiger partial charge is 0.123 e. The summed E-state index contributed by atoms with van der Waals surface area (Å²) in [7, 11) is 0. The van der Waals surface area contributed by atoms with E-state index in [4.69, 9.17) is 5.73 Å². The van der Waals surface area contributed by atoms with E-state index < -0.39 is 0 Å². The molecule has 0 radical (unpaired) electrons. The Labute approximate surface area is 103 Å². The fourth-order valence-corrected chi connectivity index (χ4v) is 2.21. The van der Waals surface area contributed by atoms with Crippen LogP contribution in [0.2, 0.25) is 0 Å². The van der Waals surface area contributed by atoms with E-state index in [9.17, 15) is 4.39 Å². The molecule has 2 rings (SSSR count). The molecule has 0 bridgehead atoms. The van der Waals surface area contributed by atoms with Crippen molar-refractivity contribution >= 4 is 11.8 Å². The average molecular weight is 249 g/mol. The summed E-state index contributed by atoms with van der Waals surface area (Å²) in [5.41, 5.74) is 6.90. The normalized spacial score (nSPS) is 12.4. The fourth-order valence-electron chi connectivity index (χ4n) is 1.32. The number of benzene rings is 1. The molecule has 2 aromatic rings. The van der Waals surface area contributed by atoms with E-state index in [1.807, 2.05) is 0 Å². The average Bonchev–Trinajstić information content (AvgIpc) is 2.39. The molecule has 1 aromatic heterocycles. The SMILES string of the molecule is NC(CSc1ccc(F)cc1)c1cncnc1. The first kappa shape index (κ1) is 12.0. The van der Waals surface area contributed by atoms with Gasteiger partial charge in [-0.15, -0.1) is 11.8 Å². The van der Waals surface area contributed by atoms with Crippen molar-refractivity contribution in [2.75, 3.05) is 5.75 Å². The van der Waals surface area contributed by atoms with Crippen LogP contribution in [-0.2, 0) is 0 Å². The third-order valence-corrected chi connectivity index (χ3v) is 3.38. The fraction of sp³-hybridized carbons (Fsp3) is 0.167. The molecule has 1 aromatic carbocycles. The first-order valence-corrected chi connectivity index (χ1v) is 6.13. The Hall–Kier alpha value is -1.46. The van der Waals surface area contributed by atoms with E-state index in [-0.39, 0.29) is 11.9 Å². The minimum absolute atomic E-state index is 0.119. The standard InChI is InChI=1S/C12H12FN3S/c13-10-1-3-11(4-2-10)17-7-12(14)9-5-15-8-16-6-9/h1-6,8,12H,7,14H2. The molecule has 17 heavy (non-hydrogen) atoms. The molecule has 1 unspecified atom stereocenters. The van der Waals surface area contributed by atoms with E-state index in [0.717, 1.165) is 10.5 Å². The molecule has 3 nitrogen and oxygen atoms in total. The van der Waals surface area contributed by atoms with Gasteiger partial charge in [0.2, 0.25) is 0 Å². The van der Waals surface area contributed by atoms with Crippen molar-refractivity contribution in [3.63, 3.8) is 0 Å². The van der Waals surface area contributed by atoms with Crippen LogP contribution in [0.3, 0.4) is 0 Å². The van der Waals surface area contributed by atoms with Crippen LogP contribution in [-0.4, -0.2) is 15.7 Å². The molecule has 5 heteroatoms. The van der Waals surface area contributed by atoms with Crippen LogP contribution in [0.5, 0.6) is 0 Å². The molecule has 0 aliphatic heterocycles. The Bertz CT molecular complexity index is 461. The van der Waals surface area contributed by atoms with Crippen molar-refractivity contribution in [1.82, 2.24) is 9.97 Å². The maximum absolute atomic E-state index is 12.7. The van der Waals surface area contributed by atoms with E-state index >= 15 is 0 Å². The first-order valence-electron chi connectivity index (χ1n) is 5.14. The molecule has 0 amide bonds. The van der Waals surface area contributed by atoms with Gasteiger partial charge in [0, 0.05) is 34.6 Å². The molecule has 0 fully saturated rings. The maximum atomic E-state index is 12.7. The van der Waals surface area contributed by atoms with Crippen LogP contribution in [0, 0.1) is 5.82 Å². The second-order valence-electron chi connectivity index (χ2n) is 3.54. The third-order valence-electron chi connectivity index (χ3n) is 2.25. The maximum Gasteiger partial charge on any atom is 0.123 e. The third kappa shape index (κ3) is 3.51. The second kappa shape index (κ2) is 5.75. The van der Waals surface area contributed by atoms with Gasteiger partial charge in [-0.2, -0.15) is 0 Å². The molecule has 1 heterocycles. The molecule has 0 aliphatic carbocycles. The van der Waals surface area contributed by atoms with Gasteiger partial charge in [-0.1, -0.05) is 0 Å². The predicted octanol–water partition coefficient (Wildman–Crippen LogP) is 2.41. The highest BCUT2D eigenvalue weighted by molar-refractivity contribution is 7.99. The zero-order valence-electron chi connectivity index (χ0n) is 9.08. The molecular weight excluding hydrogens is 237 g/mol. The largest absolute Gasteiger partial charge is 0.323 e. The minimum atomic E-state index is -0.227. The zero-order valence-corrected chi connectivity index (χ0v) is 9.90. The van der Waals surface area contributed by atoms with Gasteiger partial charge < -0.3 is 5.73 Å². The number of nitrogens with two attached hydrogens (primary N) is 1. The Balaban J connectivity index is 1.92. The van der Waals surface area contributed by atoms with Crippen molar-refractivity contribution in [3.05, 3.63) is 54.4 Å². The molecule has 2 N–H and O–H groups in total. The van der Waals surface area contributed by atoms with Crippen LogP contribution >= 0.6 is 11.8 Å². The lowest BCUT2D eigenvalue weighted by molar-refractivity contribution is 0.626. The summed E-state index contributed by atoms with van der Waals surface area (Å²) in [5.74, 6) is 0.481. The molecule has 0 spiro atoms. The van der Waals surface area contributed by atoms with Crippen molar-refractivity contribution in [2.45, 2.75) is 10.9 Å². The molecule has 0 saturated carbocycles. The van der Waals surface area contributed by atoms with Gasteiger partial charge in [0.15, 0.2) is 0 Å². The number of thioether (sulfide) groups is 1. The number of rotatable bonds is 4. The van der Waals surface area contributed by atoms with E-state index in [1.54, 1.807) is 36.3 Å². The van der Waals surface area contributed by atoms with E-state index in [1.165, 1.54) is 18.5 Å². The van der Waals surface area contributed by atoms with E-state index in [2.05, 4.69) is 9.97 Å². The van der Waals surface area contributed by atoms with Crippen LogP contribution in [0.15, 0.2) is 47.9 Å². The monoisotopic (exact) mass is 249 g/mol. The van der Waals surface area contributed by atoms with Crippen LogP contribution in [0.1, 0.15) is 11.6 Å². The quantitative estimate of drug-likeness (QED) is 0.845. The second-order valence-corrected chi connectivity index (χ2v) is 4.64. The Morgan fingerprint density at radius 3 is 2.47 bits per heavy atom. The number of aromatic nitrogens is 2. The molecule has 88 valence electrons. The lowest BCUT2D eigenvalue weighted by Gasteiger charge is -2.10. The summed E-state index contributed by atoms with van der Waals surface area (Å²) in [6.07, 6.45) is 4.90. The number of hydrogen-bond acceptors (Lipinski definition) is 4. The Kier molecular flexibility index (Phi) is 4.06. The molecule has 0 aliphatic rings. The van der Waals surface area contributed by atoms with Gasteiger partial charge in [-0.25, -0.2) is 14.4 Å². The summed E-state index contributed by atoms with van der Waals surface area (Å²) < 4.78 is 12.7. The van der Waals surface area contributed by atoms with Crippen molar-refractivity contribution in [1.29, 1.82) is 0 Å². The summed E-state index contributed by atoms with van der Waals surface area (Å²) >= 11 is 1.58. The Morgan fingerprint density at radius 2 is 1.82 bits per heavy atom. The van der Waals surface area contributed by atoms with Gasteiger partial charge in [0.25, 0.3) is 0 Å². The highest BCUT2D eigenvalue weighted by atomic mass is 32.2. The summed E-state index contributed by atoms with van der Waals surface area (Å²) in [5, 5.41) is 0. The number of hydrogen-bond donors (Lipinski definition) is 1. The lowest BCUT2D eigenvalue weighted by atomic mass is 10.2. The summed E-state index contributed by atoms with van der Waals surface area (Å²) in [6.45, 7) is 0. The molecular formula is C12H12FN3S. The van der Waals surface area contributed by atoms with Gasteiger partial charge in [-0.3, -0.25) is 0 Å². The Morgan fingerprint density at radius 1 is 1.18 bits per heavy atom. The van der Waals surface area contributed by atoms with Crippen molar-refractivity contribution in [3.8, 4) is 0 Å². The molecule has 0 saturated heterocycles. The number of nitrogens with zero attached hydrogens (tertiary/aromatic N) is 2. The van der Waals surface area contributed by atoms with Gasteiger partial charge >= 0.3 is 0 Å². The zero-order chi connectivity index (χ0) is 12.1.